The highest BCUT2D eigenvalue weighted by Gasteiger charge is 2.68. The van der Waals surface area contributed by atoms with Gasteiger partial charge in [-0.05, 0) is 66.5 Å². The molecule has 1 aliphatic heterocycles. The Morgan fingerprint density at radius 3 is 2.79 bits per heavy atom. The summed E-state index contributed by atoms with van der Waals surface area (Å²) in [5.74, 6) is 2.63. The van der Waals surface area contributed by atoms with Crippen molar-refractivity contribution < 1.29 is 19.0 Å². The second-order valence-corrected chi connectivity index (χ2v) is 9.32. The number of amides is 1. The fourth-order valence-electron chi connectivity index (χ4n) is 6.46. The van der Waals surface area contributed by atoms with Crippen molar-refractivity contribution in [2.75, 3.05) is 20.3 Å². The first-order chi connectivity index (χ1) is 13.3. The Morgan fingerprint density at radius 1 is 1.32 bits per heavy atom. The van der Waals surface area contributed by atoms with E-state index in [0.717, 1.165) is 36.5 Å². The molecular formula is C23H33NO4. The largest absolute Gasteiger partial charge is 0.493 e. The summed E-state index contributed by atoms with van der Waals surface area (Å²) in [7, 11) is 1.67. The lowest BCUT2D eigenvalue weighted by Gasteiger charge is -2.53. The molecule has 1 N–H and O–H groups in total. The average molecular weight is 388 g/mol. The van der Waals surface area contributed by atoms with Crippen LogP contribution in [0.1, 0.15) is 58.6 Å². The summed E-state index contributed by atoms with van der Waals surface area (Å²) in [5, 5.41) is 3.34. The van der Waals surface area contributed by atoms with E-state index in [0.29, 0.717) is 18.4 Å². The van der Waals surface area contributed by atoms with Crippen LogP contribution < -0.4 is 14.8 Å². The number of nitrogens with one attached hydrogen (secondary N) is 1. The van der Waals surface area contributed by atoms with Gasteiger partial charge in [0.1, 0.15) is 0 Å². The molecule has 2 bridgehead atoms. The molecule has 1 aromatic rings. The second-order valence-electron chi connectivity index (χ2n) is 9.32. The van der Waals surface area contributed by atoms with Gasteiger partial charge in [0.25, 0.3) is 0 Å². The fourth-order valence-corrected chi connectivity index (χ4v) is 6.46. The summed E-state index contributed by atoms with van der Waals surface area (Å²) in [6, 6.07) is 6.37. The molecule has 5 nitrogen and oxygen atoms in total. The Hall–Kier alpha value is -1.75. The van der Waals surface area contributed by atoms with Crippen LogP contribution in [0.4, 0.5) is 0 Å². The Balaban J connectivity index is 1.69. The van der Waals surface area contributed by atoms with E-state index in [9.17, 15) is 4.79 Å². The van der Waals surface area contributed by atoms with Crippen molar-refractivity contribution >= 4 is 5.91 Å². The van der Waals surface area contributed by atoms with Gasteiger partial charge in [0, 0.05) is 19.6 Å². The minimum absolute atomic E-state index is 0.0382. The molecule has 1 aromatic carbocycles. The predicted molar refractivity (Wildman–Crippen MR) is 108 cm³/mol. The molecule has 1 saturated heterocycles. The average Bonchev–Trinajstić information content (AvgIpc) is 3.14. The summed E-state index contributed by atoms with van der Waals surface area (Å²) < 4.78 is 17.6. The molecule has 2 saturated carbocycles. The third kappa shape index (κ3) is 2.81. The molecule has 3 aliphatic rings. The third-order valence-corrected chi connectivity index (χ3v) is 7.67. The van der Waals surface area contributed by atoms with Crippen molar-refractivity contribution in [3.63, 3.8) is 0 Å². The van der Waals surface area contributed by atoms with Gasteiger partial charge >= 0.3 is 0 Å². The molecule has 0 aromatic heterocycles. The van der Waals surface area contributed by atoms with Crippen molar-refractivity contribution in [3.8, 4) is 11.5 Å². The van der Waals surface area contributed by atoms with Crippen molar-refractivity contribution in [1.82, 2.24) is 5.32 Å². The molecule has 2 aliphatic carbocycles. The maximum absolute atomic E-state index is 12.0. The number of benzene rings is 1. The zero-order chi connectivity index (χ0) is 20.1. The monoisotopic (exact) mass is 387 g/mol. The molecule has 154 valence electrons. The predicted octanol–water partition coefficient (Wildman–Crippen LogP) is 4.11. The van der Waals surface area contributed by atoms with Crippen LogP contribution >= 0.6 is 0 Å². The van der Waals surface area contributed by atoms with Gasteiger partial charge in [-0.2, -0.15) is 0 Å². The van der Waals surface area contributed by atoms with Crippen molar-refractivity contribution in [1.29, 1.82) is 0 Å². The normalized spacial score (nSPS) is 35.3. The van der Waals surface area contributed by atoms with E-state index >= 15 is 0 Å². The van der Waals surface area contributed by atoms with E-state index in [1.165, 1.54) is 6.42 Å². The van der Waals surface area contributed by atoms with Crippen LogP contribution in [0.3, 0.4) is 0 Å². The molecule has 28 heavy (non-hydrogen) atoms. The molecule has 1 amide bonds. The lowest BCUT2D eigenvalue weighted by molar-refractivity contribution is -0.136. The van der Waals surface area contributed by atoms with Crippen molar-refractivity contribution in [2.45, 2.75) is 59.1 Å². The summed E-state index contributed by atoms with van der Waals surface area (Å²) in [5.41, 5.74) is 1.40. The lowest BCUT2D eigenvalue weighted by atomic mass is 9.59. The van der Waals surface area contributed by atoms with Crippen molar-refractivity contribution in [3.05, 3.63) is 23.8 Å². The minimum Gasteiger partial charge on any atom is -0.493 e. The standard InChI is InChI=1S/C23H33NO4/c1-6-27-19-11-15(7-8-18(19)26-5)20-17-12-16-13-23(17,9-10-28-20)21(22(16,3)4)24-14(2)25/h7-8,11,16-17,20-21H,6,9-10,12-13H2,1-5H3,(H,24,25)/t16-,17-,20-,21+,23?/m1/s1. The molecule has 4 rings (SSSR count). The maximum Gasteiger partial charge on any atom is 0.217 e. The SMILES string of the molecule is CCOc1cc([C@H]2OCCC34C[C@@H](C[C@H]23)C(C)(C)[C@@H]4NC(C)=O)ccc1OC. The Bertz CT molecular complexity index is 761. The van der Waals surface area contributed by atoms with Crippen LogP contribution in [0.25, 0.3) is 0 Å². The van der Waals surface area contributed by atoms with E-state index < -0.39 is 0 Å². The van der Waals surface area contributed by atoms with E-state index in [2.05, 4.69) is 31.3 Å². The Morgan fingerprint density at radius 2 is 2.11 bits per heavy atom. The van der Waals surface area contributed by atoms with Gasteiger partial charge in [-0.15, -0.1) is 0 Å². The number of hydrogen-bond donors (Lipinski definition) is 1. The first-order valence-corrected chi connectivity index (χ1v) is 10.5. The van der Waals surface area contributed by atoms with Crippen LogP contribution in [0.2, 0.25) is 0 Å². The first kappa shape index (κ1) is 19.6. The van der Waals surface area contributed by atoms with Gasteiger partial charge < -0.3 is 19.5 Å². The molecule has 3 fully saturated rings. The summed E-state index contributed by atoms with van der Waals surface area (Å²) >= 11 is 0. The molecular weight excluding hydrogens is 354 g/mol. The second kappa shape index (κ2) is 6.94. The highest BCUT2D eigenvalue weighted by molar-refractivity contribution is 5.73. The summed E-state index contributed by atoms with van der Waals surface area (Å²) in [6.07, 6.45) is 3.40. The zero-order valence-electron chi connectivity index (χ0n) is 17.7. The van der Waals surface area contributed by atoms with Crippen LogP contribution in [-0.4, -0.2) is 32.3 Å². The van der Waals surface area contributed by atoms with Gasteiger partial charge in [-0.3, -0.25) is 4.79 Å². The molecule has 1 spiro atoms. The minimum atomic E-state index is 0.0382. The van der Waals surface area contributed by atoms with Crippen molar-refractivity contribution in [2.24, 2.45) is 22.7 Å². The van der Waals surface area contributed by atoms with Crippen LogP contribution in [-0.2, 0) is 9.53 Å². The number of fused-ring (bicyclic) bond motifs is 1. The van der Waals surface area contributed by atoms with Gasteiger partial charge in [-0.25, -0.2) is 0 Å². The lowest BCUT2D eigenvalue weighted by Crippen LogP contribution is -2.58. The van der Waals surface area contributed by atoms with E-state index in [1.54, 1.807) is 14.0 Å². The molecule has 0 radical (unpaired) electrons. The number of methoxy groups -OCH3 is 1. The van der Waals surface area contributed by atoms with Crippen LogP contribution in [0, 0.1) is 22.7 Å². The quantitative estimate of drug-likeness (QED) is 0.826. The number of ether oxygens (including phenoxy) is 3. The fraction of sp³-hybridized carbons (Fsp3) is 0.696. The van der Waals surface area contributed by atoms with Gasteiger partial charge in [-0.1, -0.05) is 19.9 Å². The number of carbonyl (C=O) groups is 1. The molecule has 1 unspecified atom stereocenters. The molecule has 5 atom stereocenters. The topological polar surface area (TPSA) is 56.8 Å². The highest BCUT2D eigenvalue weighted by atomic mass is 16.5. The highest BCUT2D eigenvalue weighted by Crippen LogP contribution is 2.70. The Labute approximate surface area is 168 Å². The van der Waals surface area contributed by atoms with E-state index in [-0.39, 0.29) is 28.9 Å². The van der Waals surface area contributed by atoms with Crippen LogP contribution in [0.15, 0.2) is 18.2 Å². The number of hydrogen-bond acceptors (Lipinski definition) is 4. The molecule has 5 heteroatoms. The van der Waals surface area contributed by atoms with E-state index in [4.69, 9.17) is 14.2 Å². The van der Waals surface area contributed by atoms with Gasteiger partial charge in [0.05, 0.1) is 19.8 Å². The number of carbonyl (C=O) groups excluding carboxylic acids is 1. The Kier molecular flexibility index (Phi) is 4.85. The van der Waals surface area contributed by atoms with Gasteiger partial charge in [0.2, 0.25) is 5.91 Å². The van der Waals surface area contributed by atoms with Crippen LogP contribution in [0.5, 0.6) is 11.5 Å². The zero-order valence-corrected chi connectivity index (χ0v) is 17.7. The maximum atomic E-state index is 12.0. The smallest absolute Gasteiger partial charge is 0.217 e. The summed E-state index contributed by atoms with van der Waals surface area (Å²) in [4.78, 5) is 12.0. The molecule has 1 heterocycles. The summed E-state index contributed by atoms with van der Waals surface area (Å²) in [6.45, 7) is 9.61. The van der Waals surface area contributed by atoms with E-state index in [1.807, 2.05) is 13.0 Å². The first-order valence-electron chi connectivity index (χ1n) is 10.5. The number of rotatable bonds is 5. The van der Waals surface area contributed by atoms with Gasteiger partial charge in [0.15, 0.2) is 11.5 Å². The third-order valence-electron chi connectivity index (χ3n) is 7.67.